The Morgan fingerprint density at radius 1 is 1.29 bits per heavy atom. The van der Waals surface area contributed by atoms with Gasteiger partial charge in [-0.25, -0.2) is 0 Å². The molecule has 0 radical (unpaired) electrons. The van der Waals surface area contributed by atoms with E-state index in [0.29, 0.717) is 23.7 Å². The normalized spacial score (nSPS) is 13.4. The minimum atomic E-state index is -0.758. The topological polar surface area (TPSA) is 78.4 Å². The van der Waals surface area contributed by atoms with Crippen LogP contribution >= 0.6 is 11.6 Å². The van der Waals surface area contributed by atoms with Gasteiger partial charge in [0.05, 0.1) is 16.8 Å². The van der Waals surface area contributed by atoms with Crippen LogP contribution in [0.2, 0.25) is 5.02 Å². The molecule has 0 bridgehead atoms. The summed E-state index contributed by atoms with van der Waals surface area (Å²) in [5.41, 5.74) is 1.23. The molecule has 2 amide bonds. The number of hydrogen-bond donors (Lipinski definition) is 3. The van der Waals surface area contributed by atoms with Gasteiger partial charge in [0.2, 0.25) is 0 Å². The van der Waals surface area contributed by atoms with Crippen LogP contribution in [-0.4, -0.2) is 29.6 Å². The van der Waals surface area contributed by atoms with Gasteiger partial charge in [0.15, 0.2) is 0 Å². The van der Waals surface area contributed by atoms with Crippen molar-refractivity contribution in [2.75, 3.05) is 11.9 Å². The Kier molecular flexibility index (Phi) is 6.65. The summed E-state index contributed by atoms with van der Waals surface area (Å²) >= 11 is 6.05. The Balaban J connectivity index is 2.52. The van der Waals surface area contributed by atoms with Crippen LogP contribution in [0.1, 0.15) is 25.8 Å². The highest BCUT2D eigenvalue weighted by molar-refractivity contribution is 6.41. The van der Waals surface area contributed by atoms with E-state index in [1.807, 2.05) is 19.9 Å². The zero-order chi connectivity index (χ0) is 16.0. The Bertz CT molecular complexity index is 518. The molecule has 0 saturated carbocycles. The molecular weight excluding hydrogens is 292 g/mol. The lowest BCUT2D eigenvalue weighted by molar-refractivity contribution is -0.136. The molecule has 116 valence electrons. The number of anilines is 1. The molecule has 0 spiro atoms. The van der Waals surface area contributed by atoms with Crippen LogP contribution in [0.15, 0.2) is 18.2 Å². The molecule has 0 fully saturated rings. The number of aliphatic hydroxyl groups excluding tert-OH is 1. The molecule has 0 aromatic heterocycles. The number of benzene rings is 1. The molecule has 5 nitrogen and oxygen atoms in total. The smallest absolute Gasteiger partial charge is 0.313 e. The standard InChI is InChI=1S/C15H21ClN2O3/c1-9(7-11(3)19)8-17-14(20)15(21)18-12-6-4-5-10(2)13(12)16/h4-6,9,11,19H,7-8H2,1-3H3,(H,17,20)(H,18,21). The quantitative estimate of drug-likeness (QED) is 0.729. The fourth-order valence-corrected chi connectivity index (χ4v) is 2.11. The van der Waals surface area contributed by atoms with Crippen LogP contribution in [0, 0.1) is 12.8 Å². The van der Waals surface area contributed by atoms with E-state index < -0.39 is 17.9 Å². The Morgan fingerprint density at radius 2 is 1.95 bits per heavy atom. The molecule has 0 aliphatic carbocycles. The van der Waals surface area contributed by atoms with Gasteiger partial charge in [-0.3, -0.25) is 9.59 Å². The van der Waals surface area contributed by atoms with Crippen molar-refractivity contribution < 1.29 is 14.7 Å². The van der Waals surface area contributed by atoms with Crippen molar-refractivity contribution in [2.24, 2.45) is 5.92 Å². The number of hydrogen-bond acceptors (Lipinski definition) is 3. The molecule has 1 aromatic rings. The Labute approximate surface area is 129 Å². The fourth-order valence-electron chi connectivity index (χ4n) is 1.94. The fraction of sp³-hybridized carbons (Fsp3) is 0.467. The van der Waals surface area contributed by atoms with E-state index in [4.69, 9.17) is 11.6 Å². The van der Waals surface area contributed by atoms with Crippen molar-refractivity contribution in [3.63, 3.8) is 0 Å². The van der Waals surface area contributed by atoms with Crippen LogP contribution in [0.25, 0.3) is 0 Å². The maximum atomic E-state index is 11.8. The van der Waals surface area contributed by atoms with Crippen molar-refractivity contribution in [1.82, 2.24) is 5.32 Å². The van der Waals surface area contributed by atoms with Gasteiger partial charge in [-0.2, -0.15) is 0 Å². The van der Waals surface area contributed by atoms with Gasteiger partial charge in [0.25, 0.3) is 0 Å². The predicted molar refractivity (Wildman–Crippen MR) is 83.3 cm³/mol. The van der Waals surface area contributed by atoms with Crippen LogP contribution in [0.4, 0.5) is 5.69 Å². The van der Waals surface area contributed by atoms with E-state index in [1.54, 1.807) is 19.1 Å². The van der Waals surface area contributed by atoms with Crippen LogP contribution in [0.5, 0.6) is 0 Å². The second-order valence-electron chi connectivity index (χ2n) is 5.29. The van der Waals surface area contributed by atoms with E-state index in [-0.39, 0.29) is 5.92 Å². The van der Waals surface area contributed by atoms with Crippen molar-refractivity contribution in [3.05, 3.63) is 28.8 Å². The first-order valence-corrected chi connectivity index (χ1v) is 7.21. The first-order valence-electron chi connectivity index (χ1n) is 6.83. The summed E-state index contributed by atoms with van der Waals surface area (Å²) in [5.74, 6) is -1.39. The largest absolute Gasteiger partial charge is 0.393 e. The first kappa shape index (κ1) is 17.5. The van der Waals surface area contributed by atoms with Gasteiger partial charge in [-0.05, 0) is 37.8 Å². The number of nitrogens with one attached hydrogen (secondary N) is 2. The lowest BCUT2D eigenvalue weighted by Gasteiger charge is -2.14. The Hall–Kier alpha value is -1.59. The molecule has 6 heteroatoms. The second-order valence-corrected chi connectivity index (χ2v) is 5.67. The van der Waals surface area contributed by atoms with E-state index in [9.17, 15) is 14.7 Å². The Morgan fingerprint density at radius 3 is 2.57 bits per heavy atom. The highest BCUT2D eigenvalue weighted by Crippen LogP contribution is 2.24. The SMILES string of the molecule is Cc1cccc(NC(=O)C(=O)NCC(C)CC(C)O)c1Cl. The van der Waals surface area contributed by atoms with Crippen LogP contribution in [-0.2, 0) is 9.59 Å². The summed E-state index contributed by atoms with van der Waals surface area (Å²) in [6.07, 6.45) is 0.128. The number of rotatable bonds is 5. The maximum absolute atomic E-state index is 11.8. The van der Waals surface area contributed by atoms with Gasteiger partial charge in [0.1, 0.15) is 0 Å². The van der Waals surface area contributed by atoms with Crippen molar-refractivity contribution in [3.8, 4) is 0 Å². The van der Waals surface area contributed by atoms with Gasteiger partial charge in [-0.1, -0.05) is 30.7 Å². The molecule has 2 unspecified atom stereocenters. The number of aliphatic hydroxyl groups is 1. The molecule has 21 heavy (non-hydrogen) atoms. The molecular formula is C15H21ClN2O3. The lowest BCUT2D eigenvalue weighted by atomic mass is 10.0. The summed E-state index contributed by atoms with van der Waals surface area (Å²) in [6.45, 7) is 5.72. The van der Waals surface area contributed by atoms with Crippen LogP contribution < -0.4 is 10.6 Å². The summed E-state index contributed by atoms with van der Waals surface area (Å²) in [5, 5.41) is 14.7. The molecule has 0 aliphatic rings. The van der Waals surface area contributed by atoms with Crippen molar-refractivity contribution in [1.29, 1.82) is 0 Å². The van der Waals surface area contributed by atoms with E-state index >= 15 is 0 Å². The lowest BCUT2D eigenvalue weighted by Crippen LogP contribution is -2.38. The number of carbonyl (C=O) groups excluding carboxylic acids is 2. The van der Waals surface area contributed by atoms with Crippen LogP contribution in [0.3, 0.4) is 0 Å². The predicted octanol–water partition coefficient (Wildman–Crippen LogP) is 2.11. The van der Waals surface area contributed by atoms with E-state index in [0.717, 1.165) is 5.56 Å². The minimum Gasteiger partial charge on any atom is -0.393 e. The summed E-state index contributed by atoms with van der Waals surface area (Å²) in [6, 6.07) is 5.20. The van der Waals surface area contributed by atoms with E-state index in [2.05, 4.69) is 10.6 Å². The van der Waals surface area contributed by atoms with Gasteiger partial charge >= 0.3 is 11.8 Å². The average Bonchev–Trinajstić information content (AvgIpc) is 2.40. The highest BCUT2D eigenvalue weighted by Gasteiger charge is 2.16. The van der Waals surface area contributed by atoms with Gasteiger partial charge in [-0.15, -0.1) is 0 Å². The molecule has 1 rings (SSSR count). The third-order valence-electron chi connectivity index (χ3n) is 3.00. The maximum Gasteiger partial charge on any atom is 0.313 e. The van der Waals surface area contributed by atoms with E-state index in [1.165, 1.54) is 0 Å². The zero-order valence-corrected chi connectivity index (χ0v) is 13.2. The second kappa shape index (κ2) is 8.00. The molecule has 1 aromatic carbocycles. The highest BCUT2D eigenvalue weighted by atomic mass is 35.5. The summed E-state index contributed by atoms with van der Waals surface area (Å²) in [7, 11) is 0. The third kappa shape index (κ3) is 5.73. The molecule has 0 heterocycles. The number of carbonyl (C=O) groups is 2. The molecule has 2 atom stereocenters. The third-order valence-corrected chi connectivity index (χ3v) is 3.50. The number of aryl methyl sites for hydroxylation is 1. The van der Waals surface area contributed by atoms with Gasteiger partial charge < -0.3 is 15.7 Å². The van der Waals surface area contributed by atoms with Crippen molar-refractivity contribution in [2.45, 2.75) is 33.3 Å². The molecule has 0 saturated heterocycles. The summed E-state index contributed by atoms with van der Waals surface area (Å²) in [4.78, 5) is 23.5. The monoisotopic (exact) mass is 312 g/mol. The zero-order valence-electron chi connectivity index (χ0n) is 12.4. The van der Waals surface area contributed by atoms with Gasteiger partial charge in [0, 0.05) is 6.54 Å². The average molecular weight is 313 g/mol. The number of halogens is 1. The molecule has 3 N–H and O–H groups in total. The minimum absolute atomic E-state index is 0.0873. The molecule has 0 aliphatic heterocycles. The van der Waals surface area contributed by atoms with Crippen molar-refractivity contribution >= 4 is 29.1 Å². The summed E-state index contributed by atoms with van der Waals surface area (Å²) < 4.78 is 0. The first-order chi connectivity index (χ1) is 9.81. The number of amides is 2.